The summed E-state index contributed by atoms with van der Waals surface area (Å²) in [6.45, 7) is -1.47. The van der Waals surface area contributed by atoms with E-state index in [2.05, 4.69) is 4.74 Å². The molecule has 0 saturated heterocycles. The van der Waals surface area contributed by atoms with Gasteiger partial charge in [0.05, 0.1) is 5.56 Å². The van der Waals surface area contributed by atoms with E-state index in [9.17, 15) is 18.0 Å². The third-order valence-electron chi connectivity index (χ3n) is 2.45. The first-order valence-corrected chi connectivity index (χ1v) is 5.67. The van der Waals surface area contributed by atoms with Crippen molar-refractivity contribution in [2.45, 2.75) is 6.18 Å². The highest BCUT2D eigenvalue weighted by atomic mass is 35.5. The summed E-state index contributed by atoms with van der Waals surface area (Å²) in [7, 11) is 0. The van der Waals surface area contributed by atoms with Crippen LogP contribution in [0.5, 0.6) is 5.75 Å². The smallest absolute Gasteiger partial charge is 0.422 e. The molecule has 2 aromatic carbocycles. The number of fused-ring (bicyclic) bond motifs is 1. The minimum absolute atomic E-state index is 0.0791. The minimum atomic E-state index is -4.47. The molecule has 19 heavy (non-hydrogen) atoms. The molecule has 0 amide bonds. The van der Waals surface area contributed by atoms with Crippen molar-refractivity contribution in [2.75, 3.05) is 6.61 Å². The summed E-state index contributed by atoms with van der Waals surface area (Å²) in [5, 5.41) is 0.509. The van der Waals surface area contributed by atoms with E-state index >= 15 is 0 Å². The Morgan fingerprint density at radius 3 is 2.26 bits per heavy atom. The fourth-order valence-electron chi connectivity index (χ4n) is 1.65. The van der Waals surface area contributed by atoms with Crippen molar-refractivity contribution in [2.24, 2.45) is 0 Å². The summed E-state index contributed by atoms with van der Waals surface area (Å²) in [5.74, 6) is -0.170. The zero-order chi connectivity index (χ0) is 14.0. The maximum absolute atomic E-state index is 12.1. The van der Waals surface area contributed by atoms with Gasteiger partial charge in [0, 0.05) is 0 Å². The van der Waals surface area contributed by atoms with Gasteiger partial charge in [0.25, 0.3) is 5.24 Å². The molecule has 0 bridgehead atoms. The number of carbonyl (C=O) groups excluding carboxylic acids is 1. The average molecular weight is 289 g/mol. The van der Waals surface area contributed by atoms with Gasteiger partial charge in [-0.25, -0.2) is 0 Å². The van der Waals surface area contributed by atoms with Crippen molar-refractivity contribution in [3.8, 4) is 5.75 Å². The summed E-state index contributed by atoms with van der Waals surface area (Å²) in [4.78, 5) is 11.2. The molecule has 0 spiro atoms. The first-order valence-electron chi connectivity index (χ1n) is 5.29. The normalized spacial score (nSPS) is 11.6. The van der Waals surface area contributed by atoms with E-state index in [1.807, 2.05) is 0 Å². The second-order valence-electron chi connectivity index (χ2n) is 3.87. The number of ether oxygens (including phenoxy) is 1. The number of halogens is 4. The summed E-state index contributed by atoms with van der Waals surface area (Å²) in [6, 6.07) is 9.71. The highest BCUT2D eigenvalue weighted by Gasteiger charge is 2.29. The van der Waals surface area contributed by atoms with Gasteiger partial charge >= 0.3 is 6.18 Å². The van der Waals surface area contributed by atoms with Crippen molar-refractivity contribution in [1.29, 1.82) is 0 Å². The molecule has 0 fully saturated rings. The predicted molar refractivity (Wildman–Crippen MR) is 65.7 cm³/mol. The van der Waals surface area contributed by atoms with Gasteiger partial charge in [-0.2, -0.15) is 13.2 Å². The Morgan fingerprint density at radius 2 is 1.74 bits per heavy atom. The second kappa shape index (κ2) is 5.09. The molecule has 0 aliphatic heterocycles. The van der Waals surface area contributed by atoms with E-state index in [1.54, 1.807) is 24.3 Å². The van der Waals surface area contributed by atoms with E-state index in [0.717, 1.165) is 0 Å². The molecule has 0 saturated carbocycles. The van der Waals surface area contributed by atoms with Gasteiger partial charge in [0.1, 0.15) is 5.75 Å². The highest BCUT2D eigenvalue weighted by Crippen LogP contribution is 2.29. The molecule has 0 radical (unpaired) electrons. The molecule has 2 aromatic rings. The molecule has 2 nitrogen and oxygen atoms in total. The van der Waals surface area contributed by atoms with Crippen LogP contribution in [0.1, 0.15) is 10.4 Å². The van der Waals surface area contributed by atoms with Crippen LogP contribution in [0.4, 0.5) is 13.2 Å². The molecular weight excluding hydrogens is 281 g/mol. The van der Waals surface area contributed by atoms with Crippen LogP contribution >= 0.6 is 11.6 Å². The fourth-order valence-corrected chi connectivity index (χ4v) is 1.80. The van der Waals surface area contributed by atoms with E-state index in [0.29, 0.717) is 10.8 Å². The SMILES string of the molecule is O=C(Cl)c1cc2ccccc2cc1OCC(F)(F)F. The van der Waals surface area contributed by atoms with Crippen LogP contribution in [0, 0.1) is 0 Å². The largest absolute Gasteiger partial charge is 0.483 e. The zero-order valence-corrected chi connectivity index (χ0v) is 10.3. The number of hydrogen-bond donors (Lipinski definition) is 0. The monoisotopic (exact) mass is 288 g/mol. The highest BCUT2D eigenvalue weighted by molar-refractivity contribution is 6.68. The second-order valence-corrected chi connectivity index (χ2v) is 4.22. The van der Waals surface area contributed by atoms with Gasteiger partial charge in [0.2, 0.25) is 0 Å². The molecule has 2 rings (SSSR count). The van der Waals surface area contributed by atoms with Crippen molar-refractivity contribution in [3.05, 3.63) is 42.0 Å². The quantitative estimate of drug-likeness (QED) is 0.793. The maximum atomic E-state index is 12.1. The third-order valence-corrected chi connectivity index (χ3v) is 2.65. The number of hydrogen-bond acceptors (Lipinski definition) is 2. The van der Waals surface area contributed by atoms with Gasteiger partial charge in [-0.1, -0.05) is 24.3 Å². The van der Waals surface area contributed by atoms with Crippen molar-refractivity contribution < 1.29 is 22.7 Å². The van der Waals surface area contributed by atoms with Crippen LogP contribution in [0.15, 0.2) is 36.4 Å². The van der Waals surface area contributed by atoms with E-state index in [4.69, 9.17) is 11.6 Å². The summed E-state index contributed by atoms with van der Waals surface area (Å²) >= 11 is 5.36. The Labute approximate surface area is 111 Å². The van der Waals surface area contributed by atoms with Crippen LogP contribution in [0.25, 0.3) is 10.8 Å². The first kappa shape index (κ1) is 13.7. The standard InChI is InChI=1S/C13H8ClF3O2/c14-12(18)10-5-8-3-1-2-4-9(8)6-11(10)19-7-13(15,16)17/h1-6H,7H2. The fraction of sp³-hybridized carbons (Fsp3) is 0.154. The molecule has 0 aromatic heterocycles. The van der Waals surface area contributed by atoms with Crippen molar-refractivity contribution >= 4 is 27.6 Å². The predicted octanol–water partition coefficient (Wildman–Crippen LogP) is 4.16. The zero-order valence-electron chi connectivity index (χ0n) is 9.50. The van der Waals surface area contributed by atoms with Gasteiger partial charge in [0.15, 0.2) is 6.61 Å². The first-order chi connectivity index (χ1) is 8.87. The number of rotatable bonds is 3. The molecular formula is C13H8ClF3O2. The molecule has 6 heteroatoms. The lowest BCUT2D eigenvalue weighted by Gasteiger charge is -2.12. The van der Waals surface area contributed by atoms with Gasteiger partial charge in [-0.05, 0) is 34.5 Å². The summed E-state index contributed by atoms with van der Waals surface area (Å²) in [6.07, 6.45) is -4.47. The minimum Gasteiger partial charge on any atom is -0.483 e. The van der Waals surface area contributed by atoms with E-state index in [1.165, 1.54) is 12.1 Å². The topological polar surface area (TPSA) is 26.3 Å². The Morgan fingerprint density at radius 1 is 1.16 bits per heavy atom. The lowest BCUT2D eigenvalue weighted by Crippen LogP contribution is -2.20. The van der Waals surface area contributed by atoms with Gasteiger partial charge < -0.3 is 4.74 Å². The maximum Gasteiger partial charge on any atom is 0.422 e. The molecule has 0 N–H and O–H groups in total. The third kappa shape index (κ3) is 3.38. The Bertz CT molecular complexity index is 623. The number of alkyl halides is 3. The molecule has 100 valence electrons. The van der Waals surface area contributed by atoms with Crippen LogP contribution in [-0.4, -0.2) is 18.0 Å². The van der Waals surface area contributed by atoms with Gasteiger partial charge in [-0.15, -0.1) is 0 Å². The van der Waals surface area contributed by atoms with Crippen LogP contribution in [-0.2, 0) is 0 Å². The van der Waals surface area contributed by atoms with Crippen molar-refractivity contribution in [3.63, 3.8) is 0 Å². The Kier molecular flexibility index (Phi) is 3.66. The van der Waals surface area contributed by atoms with Crippen LogP contribution in [0.2, 0.25) is 0 Å². The van der Waals surface area contributed by atoms with Crippen LogP contribution < -0.4 is 4.74 Å². The summed E-state index contributed by atoms with van der Waals surface area (Å²) in [5.41, 5.74) is -0.0791. The Hall–Kier alpha value is -1.75. The lowest BCUT2D eigenvalue weighted by atomic mass is 10.1. The Balaban J connectivity index is 2.45. The summed E-state index contributed by atoms with van der Waals surface area (Å²) < 4.78 is 41.1. The molecule has 0 heterocycles. The van der Waals surface area contributed by atoms with E-state index in [-0.39, 0.29) is 11.3 Å². The molecule has 0 unspecified atom stereocenters. The molecule has 0 aliphatic rings. The van der Waals surface area contributed by atoms with Gasteiger partial charge in [-0.3, -0.25) is 4.79 Å². The molecule has 0 atom stereocenters. The number of carbonyl (C=O) groups is 1. The number of benzene rings is 2. The average Bonchev–Trinajstić information content (AvgIpc) is 2.34. The van der Waals surface area contributed by atoms with E-state index < -0.39 is 18.0 Å². The lowest BCUT2D eigenvalue weighted by molar-refractivity contribution is -0.153. The van der Waals surface area contributed by atoms with Crippen LogP contribution in [0.3, 0.4) is 0 Å². The van der Waals surface area contributed by atoms with Crippen molar-refractivity contribution in [1.82, 2.24) is 0 Å². The molecule has 0 aliphatic carbocycles.